The molecule has 0 aliphatic rings. The fourth-order valence-electron chi connectivity index (χ4n) is 2.55. The fraction of sp³-hybridized carbons (Fsp3) is 0.235. The maximum Gasteiger partial charge on any atom is 0.280 e. The molecule has 1 amide bonds. The number of benzene rings is 1. The number of nitrogens with one attached hydrogen (secondary N) is 1. The zero-order valence-electron chi connectivity index (χ0n) is 14.2. The third-order valence-corrected chi connectivity index (χ3v) is 4.09. The molecule has 0 aliphatic heterocycles. The average Bonchev–Trinajstić information content (AvgIpc) is 3.17. The number of alkyl halides is 2. The number of hydrogen-bond acceptors (Lipinski definition) is 3. The Hall–Kier alpha value is -2.81. The van der Waals surface area contributed by atoms with Crippen molar-refractivity contribution in [1.29, 1.82) is 0 Å². The first kappa shape index (κ1) is 19.0. The molecule has 0 bridgehead atoms. The Labute approximate surface area is 157 Å². The number of carbonyl (C=O) groups excluding carboxylic acids is 1. The van der Waals surface area contributed by atoms with Crippen LogP contribution in [0.2, 0.25) is 5.02 Å². The van der Waals surface area contributed by atoms with Crippen molar-refractivity contribution in [3.05, 3.63) is 64.3 Å². The Morgan fingerprint density at radius 3 is 2.78 bits per heavy atom. The minimum Gasteiger partial charge on any atom is -0.308 e. The molecule has 0 fully saturated rings. The van der Waals surface area contributed by atoms with Gasteiger partial charge in [0.05, 0.1) is 12.2 Å². The van der Waals surface area contributed by atoms with E-state index in [1.165, 1.54) is 28.9 Å². The second kappa shape index (κ2) is 7.83. The van der Waals surface area contributed by atoms with Crippen molar-refractivity contribution < 1.29 is 18.0 Å². The standard InChI is InChI=1S/C17H15ClF3N5O/c1-10-7-14(17(20)21)26(23-10)9-16(27)22-15-5-6-25(24-15)8-11-12(18)3-2-4-13(11)19/h2-7,17H,8-9H2,1H3,(H,22,24,27). The van der Waals surface area contributed by atoms with Crippen molar-refractivity contribution >= 4 is 23.3 Å². The number of nitrogens with zero attached hydrogens (tertiary/aromatic N) is 4. The second-order valence-corrected chi connectivity index (χ2v) is 6.22. The van der Waals surface area contributed by atoms with Crippen LogP contribution in [-0.2, 0) is 17.9 Å². The summed E-state index contributed by atoms with van der Waals surface area (Å²) in [5, 5.41) is 10.8. The molecule has 142 valence electrons. The van der Waals surface area contributed by atoms with E-state index in [4.69, 9.17) is 11.6 Å². The van der Waals surface area contributed by atoms with E-state index in [1.54, 1.807) is 19.2 Å². The Kier molecular flexibility index (Phi) is 5.50. The van der Waals surface area contributed by atoms with Crippen LogP contribution in [0.3, 0.4) is 0 Å². The highest BCUT2D eigenvalue weighted by Gasteiger charge is 2.18. The molecule has 0 saturated carbocycles. The summed E-state index contributed by atoms with van der Waals surface area (Å²) < 4.78 is 42.1. The highest BCUT2D eigenvalue weighted by atomic mass is 35.5. The van der Waals surface area contributed by atoms with Crippen molar-refractivity contribution in [2.24, 2.45) is 0 Å². The lowest BCUT2D eigenvalue weighted by Gasteiger charge is -2.07. The SMILES string of the molecule is Cc1cc(C(F)F)n(CC(=O)Nc2ccn(Cc3c(F)cccc3Cl)n2)n1. The van der Waals surface area contributed by atoms with Gasteiger partial charge in [-0.1, -0.05) is 17.7 Å². The topological polar surface area (TPSA) is 64.7 Å². The fourth-order valence-corrected chi connectivity index (χ4v) is 2.77. The van der Waals surface area contributed by atoms with Crippen LogP contribution < -0.4 is 5.32 Å². The van der Waals surface area contributed by atoms with E-state index in [0.717, 1.165) is 4.68 Å². The third-order valence-electron chi connectivity index (χ3n) is 3.74. The summed E-state index contributed by atoms with van der Waals surface area (Å²) in [7, 11) is 0. The first-order valence-corrected chi connectivity index (χ1v) is 8.30. The zero-order valence-corrected chi connectivity index (χ0v) is 14.9. The maximum atomic E-state index is 13.8. The molecule has 0 spiro atoms. The largest absolute Gasteiger partial charge is 0.308 e. The summed E-state index contributed by atoms with van der Waals surface area (Å²) in [6.45, 7) is 1.27. The average molecular weight is 398 g/mol. The molecule has 2 heterocycles. The Morgan fingerprint density at radius 1 is 1.30 bits per heavy atom. The van der Waals surface area contributed by atoms with Gasteiger partial charge in [-0.25, -0.2) is 13.2 Å². The molecule has 3 rings (SSSR count). The number of hydrogen-bond donors (Lipinski definition) is 1. The quantitative estimate of drug-likeness (QED) is 0.688. The molecule has 6 nitrogen and oxygen atoms in total. The summed E-state index contributed by atoms with van der Waals surface area (Å²) in [5.74, 6) is -0.818. The highest BCUT2D eigenvalue weighted by molar-refractivity contribution is 6.31. The molecule has 1 N–H and O–H groups in total. The van der Waals surface area contributed by atoms with Gasteiger partial charge in [-0.05, 0) is 25.1 Å². The lowest BCUT2D eigenvalue weighted by Crippen LogP contribution is -2.21. The number of aromatic nitrogens is 4. The van der Waals surface area contributed by atoms with E-state index >= 15 is 0 Å². The van der Waals surface area contributed by atoms with Crippen LogP contribution in [0.5, 0.6) is 0 Å². The molecule has 3 aromatic rings. The smallest absolute Gasteiger partial charge is 0.280 e. The lowest BCUT2D eigenvalue weighted by molar-refractivity contribution is -0.117. The first-order valence-electron chi connectivity index (χ1n) is 7.92. The Bertz CT molecular complexity index is 949. The van der Waals surface area contributed by atoms with E-state index in [-0.39, 0.29) is 35.2 Å². The van der Waals surface area contributed by atoms with Crippen LogP contribution in [0.25, 0.3) is 0 Å². The van der Waals surface area contributed by atoms with Gasteiger partial charge in [-0.2, -0.15) is 10.2 Å². The monoisotopic (exact) mass is 397 g/mol. The van der Waals surface area contributed by atoms with Gasteiger partial charge >= 0.3 is 0 Å². The predicted octanol–water partition coefficient (Wildman–Crippen LogP) is 3.81. The van der Waals surface area contributed by atoms with Crippen molar-refractivity contribution in [2.75, 3.05) is 5.32 Å². The van der Waals surface area contributed by atoms with Gasteiger partial charge in [0, 0.05) is 22.8 Å². The minimum atomic E-state index is -2.73. The number of halogens is 4. The van der Waals surface area contributed by atoms with Crippen molar-refractivity contribution in [3.8, 4) is 0 Å². The number of aryl methyl sites for hydroxylation is 1. The number of anilines is 1. The summed E-state index contributed by atoms with van der Waals surface area (Å²) in [5.41, 5.74) is 0.334. The van der Waals surface area contributed by atoms with Gasteiger partial charge in [-0.3, -0.25) is 14.2 Å². The van der Waals surface area contributed by atoms with Crippen molar-refractivity contribution in [2.45, 2.75) is 26.4 Å². The van der Waals surface area contributed by atoms with Gasteiger partial charge in [0.2, 0.25) is 5.91 Å². The van der Waals surface area contributed by atoms with E-state index in [1.807, 2.05) is 0 Å². The molecular weight excluding hydrogens is 383 g/mol. The highest BCUT2D eigenvalue weighted by Crippen LogP contribution is 2.21. The van der Waals surface area contributed by atoms with Crippen LogP contribution in [0.15, 0.2) is 36.5 Å². The lowest BCUT2D eigenvalue weighted by atomic mass is 10.2. The molecule has 10 heteroatoms. The summed E-state index contributed by atoms with van der Waals surface area (Å²) in [6.07, 6.45) is -1.19. The Balaban J connectivity index is 1.66. The summed E-state index contributed by atoms with van der Waals surface area (Å²) >= 11 is 5.98. The van der Waals surface area contributed by atoms with Gasteiger partial charge in [0.1, 0.15) is 18.1 Å². The number of amides is 1. The molecule has 1 aromatic carbocycles. The van der Waals surface area contributed by atoms with E-state index in [9.17, 15) is 18.0 Å². The molecule has 27 heavy (non-hydrogen) atoms. The normalized spacial score (nSPS) is 11.2. The van der Waals surface area contributed by atoms with E-state index in [0.29, 0.717) is 5.69 Å². The van der Waals surface area contributed by atoms with Crippen molar-refractivity contribution in [1.82, 2.24) is 19.6 Å². The van der Waals surface area contributed by atoms with Gasteiger partial charge in [0.25, 0.3) is 6.43 Å². The molecule has 0 saturated heterocycles. The first-order chi connectivity index (χ1) is 12.8. The molecule has 0 atom stereocenters. The molecule has 0 unspecified atom stereocenters. The minimum absolute atomic E-state index is 0.0786. The molecule has 0 radical (unpaired) electrons. The predicted molar refractivity (Wildman–Crippen MR) is 93.3 cm³/mol. The number of rotatable bonds is 6. The third kappa shape index (κ3) is 4.48. The van der Waals surface area contributed by atoms with Crippen LogP contribution in [-0.4, -0.2) is 25.5 Å². The molecule has 0 aliphatic carbocycles. The van der Waals surface area contributed by atoms with Crippen LogP contribution in [0, 0.1) is 12.7 Å². The molecular formula is C17H15ClF3N5O. The van der Waals surface area contributed by atoms with Crippen LogP contribution >= 0.6 is 11.6 Å². The second-order valence-electron chi connectivity index (χ2n) is 5.82. The van der Waals surface area contributed by atoms with Crippen LogP contribution in [0.1, 0.15) is 23.4 Å². The van der Waals surface area contributed by atoms with Gasteiger partial charge < -0.3 is 5.32 Å². The summed E-state index contributed by atoms with van der Waals surface area (Å²) in [6, 6.07) is 7.10. The van der Waals surface area contributed by atoms with Gasteiger partial charge in [-0.15, -0.1) is 0 Å². The van der Waals surface area contributed by atoms with E-state index < -0.39 is 18.1 Å². The summed E-state index contributed by atoms with van der Waals surface area (Å²) in [4.78, 5) is 12.1. The maximum absolute atomic E-state index is 13.8. The number of carbonyl (C=O) groups is 1. The Morgan fingerprint density at radius 2 is 2.07 bits per heavy atom. The van der Waals surface area contributed by atoms with Crippen molar-refractivity contribution in [3.63, 3.8) is 0 Å². The van der Waals surface area contributed by atoms with Crippen LogP contribution in [0.4, 0.5) is 19.0 Å². The van der Waals surface area contributed by atoms with E-state index in [2.05, 4.69) is 15.5 Å². The zero-order chi connectivity index (χ0) is 19.6. The van der Waals surface area contributed by atoms with Gasteiger partial charge in [0.15, 0.2) is 5.82 Å². The molecule has 2 aromatic heterocycles.